The number of rotatable bonds is 1. The highest BCUT2D eigenvalue weighted by atomic mass is 15.2. The number of allylic oxidation sites excluding steroid dienone is 2. The van der Waals surface area contributed by atoms with Crippen molar-refractivity contribution in [2.24, 2.45) is 7.05 Å². The summed E-state index contributed by atoms with van der Waals surface area (Å²) in [6, 6.07) is 2.25. The summed E-state index contributed by atoms with van der Waals surface area (Å²) in [4.78, 5) is 2.55. The average Bonchev–Trinajstić information content (AvgIpc) is 2.77. The monoisotopic (exact) mass is 258 g/mol. The summed E-state index contributed by atoms with van der Waals surface area (Å²) in [5, 5.41) is 0. The Hall–Kier alpha value is -1.51. The highest BCUT2D eigenvalue weighted by Gasteiger charge is 2.20. The van der Waals surface area contributed by atoms with Gasteiger partial charge in [0, 0.05) is 18.7 Å². The molecule has 3 heteroatoms. The molecular formula is C16H24N3+. The van der Waals surface area contributed by atoms with E-state index < -0.39 is 0 Å². The first-order valence-corrected chi connectivity index (χ1v) is 7.43. The lowest BCUT2D eigenvalue weighted by atomic mass is 10.1. The highest BCUT2D eigenvalue weighted by Crippen LogP contribution is 2.24. The van der Waals surface area contributed by atoms with E-state index in [-0.39, 0.29) is 0 Å². The van der Waals surface area contributed by atoms with Gasteiger partial charge in [-0.1, -0.05) is 6.08 Å². The number of piperidine rings is 1. The van der Waals surface area contributed by atoms with E-state index in [4.69, 9.17) is 0 Å². The molecule has 0 radical (unpaired) electrons. The second-order valence-electron chi connectivity index (χ2n) is 5.73. The lowest BCUT2D eigenvalue weighted by Gasteiger charge is -2.29. The van der Waals surface area contributed by atoms with Crippen LogP contribution in [0.25, 0.3) is 0 Å². The predicted octanol–water partition coefficient (Wildman–Crippen LogP) is 2.69. The highest BCUT2D eigenvalue weighted by molar-refractivity contribution is 5.74. The molecule has 0 atom stereocenters. The van der Waals surface area contributed by atoms with Crippen molar-refractivity contribution in [3.8, 4) is 0 Å². The zero-order valence-electron chi connectivity index (χ0n) is 12.1. The second-order valence-corrected chi connectivity index (χ2v) is 5.73. The lowest BCUT2D eigenvalue weighted by molar-refractivity contribution is -0.407. The fourth-order valence-corrected chi connectivity index (χ4v) is 3.29. The fourth-order valence-electron chi connectivity index (χ4n) is 3.29. The maximum absolute atomic E-state index is 2.55. The number of aromatic nitrogens is 1. The molecule has 0 aromatic carbocycles. The van der Waals surface area contributed by atoms with Gasteiger partial charge in [0.25, 0.3) is 5.82 Å². The SMILES string of the molecule is Cn1ccc2c1/[N+](C)=C\C(N1CCCCC1)=C\CC2. The minimum atomic E-state index is 1.14. The molecule has 1 saturated heterocycles. The van der Waals surface area contributed by atoms with Gasteiger partial charge in [0.05, 0.1) is 26.0 Å². The summed E-state index contributed by atoms with van der Waals surface area (Å²) in [5.41, 5.74) is 2.87. The normalized spacial score (nSPS) is 25.7. The van der Waals surface area contributed by atoms with Crippen molar-refractivity contribution >= 4 is 12.0 Å². The topological polar surface area (TPSA) is 11.2 Å². The van der Waals surface area contributed by atoms with Gasteiger partial charge in [-0.05, 0) is 38.2 Å². The van der Waals surface area contributed by atoms with Crippen LogP contribution in [0.2, 0.25) is 0 Å². The third-order valence-electron chi connectivity index (χ3n) is 4.27. The van der Waals surface area contributed by atoms with E-state index in [1.807, 2.05) is 0 Å². The van der Waals surface area contributed by atoms with Crippen LogP contribution in [0.3, 0.4) is 0 Å². The molecule has 2 aliphatic heterocycles. The van der Waals surface area contributed by atoms with Crippen LogP contribution in [0, 0.1) is 0 Å². The van der Waals surface area contributed by atoms with Gasteiger partial charge in [0.1, 0.15) is 6.21 Å². The van der Waals surface area contributed by atoms with Crippen molar-refractivity contribution in [2.75, 3.05) is 20.1 Å². The van der Waals surface area contributed by atoms with Gasteiger partial charge in [-0.15, -0.1) is 0 Å². The Morgan fingerprint density at radius 1 is 1.16 bits per heavy atom. The molecule has 0 saturated carbocycles. The Morgan fingerprint density at radius 2 is 1.95 bits per heavy atom. The molecule has 1 fully saturated rings. The van der Waals surface area contributed by atoms with Crippen molar-refractivity contribution in [3.05, 3.63) is 29.6 Å². The molecule has 3 rings (SSSR count). The van der Waals surface area contributed by atoms with Gasteiger partial charge in [0.2, 0.25) is 0 Å². The van der Waals surface area contributed by atoms with E-state index in [2.05, 4.69) is 52.7 Å². The minimum Gasteiger partial charge on any atom is -0.369 e. The zero-order chi connectivity index (χ0) is 13.2. The molecule has 0 bridgehead atoms. The molecule has 102 valence electrons. The molecule has 3 nitrogen and oxygen atoms in total. The predicted molar refractivity (Wildman–Crippen MR) is 79.1 cm³/mol. The summed E-state index contributed by atoms with van der Waals surface area (Å²) in [7, 11) is 4.30. The van der Waals surface area contributed by atoms with Gasteiger partial charge in [0.15, 0.2) is 0 Å². The van der Waals surface area contributed by atoms with Crippen molar-refractivity contribution in [2.45, 2.75) is 32.1 Å². The average molecular weight is 258 g/mol. The van der Waals surface area contributed by atoms with Crippen LogP contribution in [0.4, 0.5) is 5.82 Å². The smallest absolute Gasteiger partial charge is 0.284 e. The number of fused-ring (bicyclic) bond motifs is 1. The van der Waals surface area contributed by atoms with Gasteiger partial charge in [-0.2, -0.15) is 0 Å². The number of hydrogen-bond donors (Lipinski definition) is 0. The molecule has 0 unspecified atom stereocenters. The first kappa shape index (κ1) is 12.5. The lowest BCUT2D eigenvalue weighted by Crippen LogP contribution is -2.31. The van der Waals surface area contributed by atoms with Crippen molar-refractivity contribution in [1.82, 2.24) is 9.47 Å². The number of nitrogens with zero attached hydrogens (tertiary/aromatic N) is 3. The van der Waals surface area contributed by atoms with Crippen molar-refractivity contribution in [3.63, 3.8) is 0 Å². The van der Waals surface area contributed by atoms with Crippen LogP contribution in [0.5, 0.6) is 0 Å². The third kappa shape index (κ3) is 2.46. The Kier molecular flexibility index (Phi) is 3.45. The molecule has 3 heterocycles. The third-order valence-corrected chi connectivity index (χ3v) is 4.27. The van der Waals surface area contributed by atoms with Gasteiger partial charge in [-0.3, -0.25) is 0 Å². The molecule has 1 aromatic heterocycles. The first-order valence-electron chi connectivity index (χ1n) is 7.43. The van der Waals surface area contributed by atoms with Crippen LogP contribution in [-0.2, 0) is 13.5 Å². The molecule has 0 aliphatic carbocycles. The summed E-state index contributed by atoms with van der Waals surface area (Å²) in [6.45, 7) is 2.44. The number of aryl methyl sites for hydroxylation is 2. The Bertz CT molecular complexity index is 516. The Morgan fingerprint density at radius 3 is 2.74 bits per heavy atom. The first-order chi connectivity index (χ1) is 9.25. The maximum atomic E-state index is 2.55. The van der Waals surface area contributed by atoms with E-state index in [0.29, 0.717) is 0 Å². The fraction of sp³-hybridized carbons (Fsp3) is 0.562. The quantitative estimate of drug-likeness (QED) is 0.705. The molecule has 1 aromatic rings. The van der Waals surface area contributed by atoms with E-state index in [0.717, 1.165) is 12.8 Å². The largest absolute Gasteiger partial charge is 0.369 e. The summed E-state index contributed by atoms with van der Waals surface area (Å²) in [6.07, 6.45) is 13.2. The van der Waals surface area contributed by atoms with Crippen LogP contribution >= 0.6 is 0 Å². The summed E-state index contributed by atoms with van der Waals surface area (Å²) >= 11 is 0. The van der Waals surface area contributed by atoms with Crippen molar-refractivity contribution in [1.29, 1.82) is 0 Å². The van der Waals surface area contributed by atoms with Crippen LogP contribution < -0.4 is 0 Å². The zero-order valence-corrected chi connectivity index (χ0v) is 12.1. The van der Waals surface area contributed by atoms with E-state index in [9.17, 15) is 0 Å². The second kappa shape index (κ2) is 5.24. The molecular weight excluding hydrogens is 234 g/mol. The molecule has 0 spiro atoms. The number of hydrogen-bond acceptors (Lipinski definition) is 1. The molecule has 0 amide bonds. The van der Waals surface area contributed by atoms with E-state index in [1.165, 1.54) is 49.4 Å². The van der Waals surface area contributed by atoms with E-state index in [1.54, 1.807) is 0 Å². The molecule has 19 heavy (non-hydrogen) atoms. The van der Waals surface area contributed by atoms with Crippen LogP contribution in [0.1, 0.15) is 31.2 Å². The van der Waals surface area contributed by atoms with Gasteiger partial charge >= 0.3 is 0 Å². The Balaban J connectivity index is 1.92. The maximum Gasteiger partial charge on any atom is 0.284 e. The van der Waals surface area contributed by atoms with Crippen LogP contribution in [-0.4, -0.2) is 40.4 Å². The van der Waals surface area contributed by atoms with Crippen molar-refractivity contribution < 1.29 is 4.58 Å². The summed E-state index contributed by atoms with van der Waals surface area (Å²) < 4.78 is 4.51. The summed E-state index contributed by atoms with van der Waals surface area (Å²) in [5.74, 6) is 1.34. The molecule has 2 aliphatic rings. The standard InChI is InChI=1S/C16H24N3/c1-17-12-9-14-7-6-8-15(13-18(2)16(14)17)19-10-4-3-5-11-19/h8-9,12-13H,3-7,10-11H2,1-2H3/q+1/b15-8-,18-13-. The minimum absolute atomic E-state index is 1.14. The van der Waals surface area contributed by atoms with Gasteiger partial charge in [-0.25, -0.2) is 9.14 Å². The molecule has 0 N–H and O–H groups in total. The number of likely N-dealkylation sites (tertiary alicyclic amines) is 1. The van der Waals surface area contributed by atoms with Gasteiger partial charge < -0.3 is 4.90 Å². The van der Waals surface area contributed by atoms with E-state index >= 15 is 0 Å². The van der Waals surface area contributed by atoms with Crippen LogP contribution in [0.15, 0.2) is 24.0 Å². The Labute approximate surface area is 115 Å².